The predicted molar refractivity (Wildman–Crippen MR) is 47.5 cm³/mol. The molecule has 4 N–H and O–H groups in total. The lowest BCUT2D eigenvalue weighted by Crippen LogP contribution is -1.98. The number of nitro benzene ring substituents is 2. The Hall–Kier alpha value is -2.58. The second-order valence-corrected chi connectivity index (χ2v) is 2.54. The summed E-state index contributed by atoms with van der Waals surface area (Å²) in [5.74, 6) is -2.22. The van der Waals surface area contributed by atoms with Crippen molar-refractivity contribution in [3.8, 4) is 11.5 Å². The molecule has 1 aromatic carbocycles. The van der Waals surface area contributed by atoms with Crippen LogP contribution in [0.2, 0.25) is 0 Å². The quantitative estimate of drug-likeness (QED) is 0.213. The Labute approximate surface area is 81.7 Å². The molecule has 1 aromatic rings. The first kappa shape index (κ1) is 10.5. The van der Waals surface area contributed by atoms with Gasteiger partial charge in [0.25, 0.3) is 5.75 Å². The van der Waals surface area contributed by atoms with Crippen molar-refractivity contribution >= 4 is 17.1 Å². The third kappa shape index (κ3) is 1.57. The van der Waals surface area contributed by atoms with Crippen molar-refractivity contribution in [2.24, 2.45) is 0 Å². The molecule has 80 valence electrons. The van der Waals surface area contributed by atoms with E-state index < -0.39 is 38.4 Å². The van der Waals surface area contributed by atoms with Crippen molar-refractivity contribution in [2.75, 3.05) is 5.73 Å². The molecule has 0 atom stereocenters. The molecule has 0 aliphatic heterocycles. The number of benzene rings is 1. The predicted octanol–water partition coefficient (Wildman–Crippen LogP) is 0.496. The minimum atomic E-state index is -1.23. The number of phenolic OH excluding ortho intramolecular Hbond substituents is 2. The molecule has 0 radical (unpaired) electrons. The highest BCUT2D eigenvalue weighted by atomic mass is 16.6. The van der Waals surface area contributed by atoms with E-state index in [1.807, 2.05) is 0 Å². The summed E-state index contributed by atoms with van der Waals surface area (Å²) in [5, 5.41) is 39.0. The minimum absolute atomic E-state index is 0.550. The Bertz CT molecular complexity index is 457. The number of nitrogens with zero attached hydrogens (tertiary/aromatic N) is 2. The van der Waals surface area contributed by atoms with Crippen molar-refractivity contribution in [3.63, 3.8) is 0 Å². The van der Waals surface area contributed by atoms with Crippen LogP contribution in [0.5, 0.6) is 11.5 Å². The number of hydrogen-bond acceptors (Lipinski definition) is 7. The lowest BCUT2D eigenvalue weighted by molar-refractivity contribution is -0.396. The van der Waals surface area contributed by atoms with Crippen LogP contribution in [-0.4, -0.2) is 20.1 Å². The number of phenols is 2. The minimum Gasteiger partial charge on any atom is -0.501 e. The van der Waals surface area contributed by atoms with Gasteiger partial charge in [0.15, 0.2) is 0 Å². The molecule has 1 rings (SSSR count). The molecule has 0 saturated heterocycles. The van der Waals surface area contributed by atoms with E-state index in [0.717, 1.165) is 0 Å². The van der Waals surface area contributed by atoms with Crippen LogP contribution in [-0.2, 0) is 0 Å². The van der Waals surface area contributed by atoms with Gasteiger partial charge >= 0.3 is 11.4 Å². The Morgan fingerprint density at radius 2 is 1.67 bits per heavy atom. The van der Waals surface area contributed by atoms with Crippen LogP contribution in [0, 0.1) is 20.2 Å². The number of nitrogens with two attached hydrogens (primary N) is 1. The Balaban J connectivity index is 3.63. The van der Waals surface area contributed by atoms with Crippen LogP contribution in [0.25, 0.3) is 0 Å². The van der Waals surface area contributed by atoms with Gasteiger partial charge in [0.1, 0.15) is 0 Å². The zero-order chi connectivity index (χ0) is 11.7. The molecule has 0 heterocycles. The van der Waals surface area contributed by atoms with Crippen LogP contribution in [0.4, 0.5) is 17.1 Å². The SMILES string of the molecule is Nc1cc([N+](=O)[O-])c(O)c([N+](=O)[O-])c1O. The summed E-state index contributed by atoms with van der Waals surface area (Å²) >= 11 is 0. The molecule has 0 fully saturated rings. The van der Waals surface area contributed by atoms with Crippen LogP contribution >= 0.6 is 0 Å². The smallest absolute Gasteiger partial charge is 0.361 e. The van der Waals surface area contributed by atoms with Gasteiger partial charge in [-0.25, -0.2) is 0 Å². The van der Waals surface area contributed by atoms with Gasteiger partial charge in [-0.05, 0) is 0 Å². The van der Waals surface area contributed by atoms with Crippen LogP contribution in [0.3, 0.4) is 0 Å². The van der Waals surface area contributed by atoms with Crippen molar-refractivity contribution in [1.29, 1.82) is 0 Å². The van der Waals surface area contributed by atoms with Gasteiger partial charge in [-0.1, -0.05) is 0 Å². The Morgan fingerprint density at radius 1 is 1.13 bits per heavy atom. The highest BCUT2D eigenvalue weighted by molar-refractivity contribution is 5.75. The molecular formula is C6H5N3O6. The second kappa shape index (κ2) is 3.29. The number of nitrogen functional groups attached to an aromatic ring is 1. The Kier molecular flexibility index (Phi) is 2.30. The first-order valence-electron chi connectivity index (χ1n) is 3.49. The van der Waals surface area contributed by atoms with Crippen molar-refractivity contribution in [2.45, 2.75) is 0 Å². The average molecular weight is 215 g/mol. The van der Waals surface area contributed by atoms with Gasteiger partial charge < -0.3 is 15.9 Å². The maximum absolute atomic E-state index is 10.4. The first-order valence-corrected chi connectivity index (χ1v) is 3.49. The number of rotatable bonds is 2. The molecule has 0 saturated carbocycles. The van der Waals surface area contributed by atoms with Gasteiger partial charge in [-0.2, -0.15) is 0 Å². The van der Waals surface area contributed by atoms with E-state index in [4.69, 9.17) is 15.9 Å². The number of hydrogen-bond donors (Lipinski definition) is 3. The third-order valence-corrected chi connectivity index (χ3v) is 1.64. The zero-order valence-electron chi connectivity index (χ0n) is 7.08. The van der Waals surface area contributed by atoms with Crippen LogP contribution < -0.4 is 5.73 Å². The normalized spacial score (nSPS) is 9.87. The molecule has 9 heteroatoms. The van der Waals surface area contributed by atoms with Crippen LogP contribution in [0.1, 0.15) is 0 Å². The molecule has 0 aliphatic rings. The summed E-state index contributed by atoms with van der Waals surface area (Å²) in [4.78, 5) is 18.5. The van der Waals surface area contributed by atoms with Crippen molar-refractivity contribution in [3.05, 3.63) is 26.3 Å². The largest absolute Gasteiger partial charge is 0.501 e. The molecule has 0 unspecified atom stereocenters. The molecule has 9 nitrogen and oxygen atoms in total. The summed E-state index contributed by atoms with van der Waals surface area (Å²) in [6.45, 7) is 0. The Morgan fingerprint density at radius 3 is 2.07 bits per heavy atom. The average Bonchev–Trinajstić information content (AvgIpc) is 2.10. The van der Waals surface area contributed by atoms with E-state index in [-0.39, 0.29) is 0 Å². The lowest BCUT2D eigenvalue weighted by atomic mass is 10.2. The summed E-state index contributed by atoms with van der Waals surface area (Å²) in [5.41, 5.74) is 2.43. The van der Waals surface area contributed by atoms with E-state index in [1.165, 1.54) is 0 Å². The van der Waals surface area contributed by atoms with E-state index in [0.29, 0.717) is 6.07 Å². The molecular weight excluding hydrogens is 210 g/mol. The van der Waals surface area contributed by atoms with Gasteiger partial charge in [-0.3, -0.25) is 20.2 Å². The van der Waals surface area contributed by atoms with Gasteiger partial charge in [0.05, 0.1) is 15.5 Å². The summed E-state index contributed by atoms with van der Waals surface area (Å²) in [6, 6.07) is 0.637. The van der Waals surface area contributed by atoms with Gasteiger partial charge in [-0.15, -0.1) is 0 Å². The summed E-state index contributed by atoms with van der Waals surface area (Å²) in [6.07, 6.45) is 0. The second-order valence-electron chi connectivity index (χ2n) is 2.54. The fourth-order valence-electron chi connectivity index (χ4n) is 0.966. The van der Waals surface area contributed by atoms with Gasteiger partial charge in [0, 0.05) is 6.07 Å². The van der Waals surface area contributed by atoms with E-state index in [1.54, 1.807) is 0 Å². The zero-order valence-corrected chi connectivity index (χ0v) is 7.08. The summed E-state index contributed by atoms with van der Waals surface area (Å²) in [7, 11) is 0. The monoisotopic (exact) mass is 215 g/mol. The molecule has 15 heavy (non-hydrogen) atoms. The molecule has 0 spiro atoms. The lowest BCUT2D eigenvalue weighted by Gasteiger charge is -2.02. The van der Waals surface area contributed by atoms with E-state index >= 15 is 0 Å². The molecule has 0 aromatic heterocycles. The van der Waals surface area contributed by atoms with Gasteiger partial charge in [0.2, 0.25) is 5.75 Å². The van der Waals surface area contributed by atoms with Crippen LogP contribution in [0.15, 0.2) is 6.07 Å². The third-order valence-electron chi connectivity index (χ3n) is 1.64. The fraction of sp³-hybridized carbons (Fsp3) is 0. The maximum Gasteiger partial charge on any atom is 0.361 e. The fourth-order valence-corrected chi connectivity index (χ4v) is 0.966. The maximum atomic E-state index is 10.4. The topological polar surface area (TPSA) is 153 Å². The highest BCUT2D eigenvalue weighted by Crippen LogP contribution is 2.45. The highest BCUT2D eigenvalue weighted by Gasteiger charge is 2.31. The number of anilines is 1. The van der Waals surface area contributed by atoms with E-state index in [2.05, 4.69) is 0 Å². The standard InChI is InChI=1S/C6H5N3O6/c7-2-1-3(8(12)13)6(11)4(5(2)10)9(14)15/h1,10-11H,7H2. The number of aromatic hydroxyl groups is 2. The first-order chi connectivity index (χ1) is 6.86. The molecule has 0 amide bonds. The molecule has 0 bridgehead atoms. The molecule has 0 aliphatic carbocycles. The summed E-state index contributed by atoms with van der Waals surface area (Å²) < 4.78 is 0. The van der Waals surface area contributed by atoms with Crippen molar-refractivity contribution < 1.29 is 20.1 Å². The van der Waals surface area contributed by atoms with E-state index in [9.17, 15) is 20.2 Å². The number of nitro groups is 2. The van der Waals surface area contributed by atoms with Crippen molar-refractivity contribution in [1.82, 2.24) is 0 Å².